The molecule has 31 heavy (non-hydrogen) atoms. The number of amides is 1. The second-order valence-electron chi connectivity index (χ2n) is 6.77. The summed E-state index contributed by atoms with van der Waals surface area (Å²) in [5.41, 5.74) is 4.92. The van der Waals surface area contributed by atoms with Crippen molar-refractivity contribution >= 4 is 22.2 Å². The van der Waals surface area contributed by atoms with Gasteiger partial charge in [0.2, 0.25) is 0 Å². The second kappa shape index (κ2) is 9.90. The molecule has 3 aromatic carbocycles. The van der Waals surface area contributed by atoms with Crippen LogP contribution < -0.4 is 14.3 Å². The van der Waals surface area contributed by atoms with E-state index in [-0.39, 0.29) is 17.3 Å². The van der Waals surface area contributed by atoms with Crippen LogP contribution in [0.3, 0.4) is 0 Å². The third kappa shape index (κ3) is 6.42. The van der Waals surface area contributed by atoms with Gasteiger partial charge >= 0.3 is 10.1 Å². The monoisotopic (exact) mass is 438 g/mol. The lowest BCUT2D eigenvalue weighted by molar-refractivity contribution is -0.123. The van der Waals surface area contributed by atoms with Crippen LogP contribution in [0.1, 0.15) is 16.7 Å². The first kappa shape index (κ1) is 22.0. The van der Waals surface area contributed by atoms with E-state index in [1.165, 1.54) is 30.5 Å². The molecule has 0 saturated carbocycles. The number of hydrogen-bond donors (Lipinski definition) is 1. The van der Waals surface area contributed by atoms with Crippen molar-refractivity contribution in [1.29, 1.82) is 0 Å². The van der Waals surface area contributed by atoms with Gasteiger partial charge in [0, 0.05) is 0 Å². The number of hydrogen-bond acceptors (Lipinski definition) is 6. The number of benzene rings is 3. The summed E-state index contributed by atoms with van der Waals surface area (Å²) in [6.07, 6.45) is 1.43. The molecule has 1 amide bonds. The van der Waals surface area contributed by atoms with Gasteiger partial charge in [0.25, 0.3) is 5.91 Å². The Bertz CT molecular complexity index is 1170. The van der Waals surface area contributed by atoms with Crippen molar-refractivity contribution in [1.82, 2.24) is 5.43 Å². The van der Waals surface area contributed by atoms with Crippen LogP contribution in [-0.2, 0) is 14.9 Å². The van der Waals surface area contributed by atoms with Crippen molar-refractivity contribution in [2.24, 2.45) is 5.10 Å². The maximum absolute atomic E-state index is 12.3. The molecule has 0 aromatic heterocycles. The third-order valence-electron chi connectivity index (χ3n) is 4.25. The Labute approximate surface area is 181 Å². The first-order valence-corrected chi connectivity index (χ1v) is 10.9. The number of ether oxygens (including phenoxy) is 1. The molecule has 3 rings (SSSR count). The largest absolute Gasteiger partial charge is 0.483 e. The van der Waals surface area contributed by atoms with Crippen molar-refractivity contribution < 1.29 is 22.1 Å². The molecule has 7 nitrogen and oxygen atoms in total. The van der Waals surface area contributed by atoms with Crippen LogP contribution >= 0.6 is 0 Å². The van der Waals surface area contributed by atoms with Crippen LogP contribution in [0.15, 0.2) is 82.8 Å². The third-order valence-corrected chi connectivity index (χ3v) is 5.51. The lowest BCUT2D eigenvalue weighted by atomic mass is 10.2. The van der Waals surface area contributed by atoms with Crippen LogP contribution in [0.25, 0.3) is 0 Å². The Morgan fingerprint density at radius 2 is 1.65 bits per heavy atom. The molecular weight excluding hydrogens is 416 g/mol. The first-order chi connectivity index (χ1) is 14.8. The number of nitrogens with zero attached hydrogens (tertiary/aromatic N) is 1. The minimum atomic E-state index is -3.91. The van der Waals surface area contributed by atoms with E-state index in [1.807, 2.05) is 32.0 Å². The molecule has 0 atom stereocenters. The number of aryl methyl sites for hydroxylation is 2. The molecule has 0 saturated heterocycles. The van der Waals surface area contributed by atoms with E-state index < -0.39 is 16.0 Å². The molecule has 3 aromatic rings. The molecule has 1 N–H and O–H groups in total. The summed E-state index contributed by atoms with van der Waals surface area (Å²) in [7, 11) is -3.91. The van der Waals surface area contributed by atoms with Gasteiger partial charge in [0.1, 0.15) is 16.4 Å². The highest BCUT2D eigenvalue weighted by Gasteiger charge is 2.16. The van der Waals surface area contributed by atoms with E-state index >= 15 is 0 Å². The van der Waals surface area contributed by atoms with Crippen LogP contribution in [0.2, 0.25) is 0 Å². The van der Waals surface area contributed by atoms with Crippen LogP contribution in [-0.4, -0.2) is 27.1 Å². The highest BCUT2D eigenvalue weighted by Crippen LogP contribution is 2.19. The lowest BCUT2D eigenvalue weighted by Gasteiger charge is -2.08. The Balaban J connectivity index is 1.51. The summed E-state index contributed by atoms with van der Waals surface area (Å²) in [5, 5.41) is 3.87. The number of nitrogens with one attached hydrogen (secondary N) is 1. The molecular formula is C23H22N2O5S. The number of hydrazone groups is 1. The van der Waals surface area contributed by atoms with Crippen LogP contribution in [0, 0.1) is 13.8 Å². The average molecular weight is 439 g/mol. The highest BCUT2D eigenvalue weighted by atomic mass is 32.2. The summed E-state index contributed by atoms with van der Waals surface area (Å²) in [5.74, 6) is 0.412. The lowest BCUT2D eigenvalue weighted by Crippen LogP contribution is -2.24. The normalized spacial score (nSPS) is 11.3. The standard InChI is InChI=1S/C23H22N2O5S/c1-17-7-13-21(14-8-17)31(27,28)30-20-11-9-19(10-12-20)15-24-25-23(26)16-29-22-6-4-3-5-18(22)2/h3-15H,16H2,1-2H3,(H,25,26)/b24-15-. The van der Waals surface area contributed by atoms with Crippen LogP contribution in [0.5, 0.6) is 11.5 Å². The molecule has 160 valence electrons. The van der Waals surface area contributed by atoms with Gasteiger partial charge in [-0.25, -0.2) is 5.43 Å². The predicted molar refractivity (Wildman–Crippen MR) is 118 cm³/mol. The van der Waals surface area contributed by atoms with Gasteiger partial charge in [-0.05, 0) is 67.4 Å². The first-order valence-electron chi connectivity index (χ1n) is 9.45. The molecule has 0 radical (unpaired) electrons. The van der Waals surface area contributed by atoms with E-state index in [0.29, 0.717) is 11.3 Å². The number of carbonyl (C=O) groups excluding carboxylic acids is 1. The van der Waals surface area contributed by atoms with Gasteiger partial charge in [0.05, 0.1) is 6.21 Å². The Morgan fingerprint density at radius 3 is 2.32 bits per heavy atom. The molecule has 0 aliphatic heterocycles. The van der Waals surface area contributed by atoms with E-state index in [2.05, 4.69) is 10.5 Å². The Kier molecular flexibility index (Phi) is 7.04. The van der Waals surface area contributed by atoms with Gasteiger partial charge in [-0.15, -0.1) is 0 Å². The topological polar surface area (TPSA) is 94.1 Å². The molecule has 0 unspecified atom stereocenters. The second-order valence-corrected chi connectivity index (χ2v) is 8.31. The fourth-order valence-electron chi connectivity index (χ4n) is 2.56. The molecule has 0 heterocycles. The van der Waals surface area contributed by atoms with Gasteiger partial charge in [-0.3, -0.25) is 4.79 Å². The quantitative estimate of drug-likeness (QED) is 0.329. The highest BCUT2D eigenvalue weighted by molar-refractivity contribution is 7.87. The summed E-state index contributed by atoms with van der Waals surface area (Å²) < 4.78 is 35.2. The van der Waals surface area contributed by atoms with Crippen molar-refractivity contribution in [2.75, 3.05) is 6.61 Å². The van der Waals surface area contributed by atoms with E-state index in [1.54, 1.807) is 30.3 Å². The van der Waals surface area contributed by atoms with Gasteiger partial charge in [-0.1, -0.05) is 35.9 Å². The minimum Gasteiger partial charge on any atom is -0.483 e. The maximum Gasteiger partial charge on any atom is 0.339 e. The molecule has 0 aliphatic carbocycles. The molecule has 0 bridgehead atoms. The van der Waals surface area contributed by atoms with E-state index in [9.17, 15) is 13.2 Å². The summed E-state index contributed by atoms with van der Waals surface area (Å²) >= 11 is 0. The maximum atomic E-state index is 12.3. The van der Waals surface area contributed by atoms with E-state index in [4.69, 9.17) is 8.92 Å². The molecule has 0 spiro atoms. The van der Waals surface area contributed by atoms with Crippen molar-refractivity contribution in [3.8, 4) is 11.5 Å². The average Bonchev–Trinajstić information content (AvgIpc) is 2.74. The summed E-state index contributed by atoms with van der Waals surface area (Å²) in [6.45, 7) is 3.60. The van der Waals surface area contributed by atoms with E-state index in [0.717, 1.165) is 11.1 Å². The Hall–Kier alpha value is -3.65. The molecule has 0 fully saturated rings. The zero-order chi connectivity index (χ0) is 22.3. The number of rotatable bonds is 8. The van der Waals surface area contributed by atoms with Crippen molar-refractivity contribution in [3.63, 3.8) is 0 Å². The van der Waals surface area contributed by atoms with Gasteiger partial charge in [-0.2, -0.15) is 13.5 Å². The zero-order valence-corrected chi connectivity index (χ0v) is 17.9. The SMILES string of the molecule is Cc1ccc(S(=O)(=O)Oc2ccc(/C=N\NC(=O)COc3ccccc3C)cc2)cc1. The van der Waals surface area contributed by atoms with Crippen molar-refractivity contribution in [2.45, 2.75) is 18.7 Å². The van der Waals surface area contributed by atoms with Crippen molar-refractivity contribution in [3.05, 3.63) is 89.5 Å². The molecule has 8 heteroatoms. The summed E-state index contributed by atoms with van der Waals surface area (Å²) in [4.78, 5) is 11.9. The van der Waals surface area contributed by atoms with Crippen LogP contribution in [0.4, 0.5) is 0 Å². The van der Waals surface area contributed by atoms with Gasteiger partial charge in [0.15, 0.2) is 6.61 Å². The predicted octanol–water partition coefficient (Wildman–Crippen LogP) is 3.60. The minimum absolute atomic E-state index is 0.0827. The number of para-hydroxylation sites is 1. The van der Waals surface area contributed by atoms with Gasteiger partial charge < -0.3 is 8.92 Å². The zero-order valence-electron chi connectivity index (χ0n) is 17.1. The molecule has 0 aliphatic rings. The fourth-order valence-corrected chi connectivity index (χ4v) is 3.49. The fraction of sp³-hybridized carbons (Fsp3) is 0.130. The Morgan fingerprint density at radius 1 is 0.968 bits per heavy atom. The summed E-state index contributed by atoms with van der Waals surface area (Å²) in [6, 6.07) is 20.1. The number of carbonyl (C=O) groups is 1. The smallest absolute Gasteiger partial charge is 0.339 e.